The quantitative estimate of drug-likeness (QED) is 0.568. The molecule has 1 atom stereocenters. The van der Waals surface area contributed by atoms with E-state index in [1.807, 2.05) is 0 Å². The molecular weight excluding hydrogens is 278 g/mol. The summed E-state index contributed by atoms with van der Waals surface area (Å²) in [6.07, 6.45) is -5.52. The SMILES string of the molecule is CCC(C)(C)C(=O)OCC(F)(F)C(C)(F)C(F)(F)F. The molecular formula is C11H16F6O2. The fourth-order valence-corrected chi connectivity index (χ4v) is 0.839. The summed E-state index contributed by atoms with van der Waals surface area (Å²) in [5, 5.41) is 0. The number of esters is 1. The number of carbonyl (C=O) groups excluding carboxylic acids is 1. The molecule has 0 rings (SSSR count). The van der Waals surface area contributed by atoms with E-state index in [4.69, 9.17) is 0 Å². The van der Waals surface area contributed by atoms with Gasteiger partial charge in [-0.15, -0.1) is 0 Å². The molecule has 0 aliphatic heterocycles. The van der Waals surface area contributed by atoms with E-state index in [2.05, 4.69) is 4.74 Å². The number of alkyl halides is 6. The molecule has 0 radical (unpaired) electrons. The van der Waals surface area contributed by atoms with Gasteiger partial charge in [0, 0.05) is 0 Å². The lowest BCUT2D eigenvalue weighted by Gasteiger charge is -2.32. The largest absolute Gasteiger partial charge is 0.459 e. The molecule has 0 aromatic heterocycles. The Kier molecular flexibility index (Phi) is 4.94. The molecule has 0 saturated heterocycles. The lowest BCUT2D eigenvalue weighted by Crippen LogP contribution is -2.55. The number of carbonyl (C=O) groups is 1. The summed E-state index contributed by atoms with van der Waals surface area (Å²) in [7, 11) is 0. The highest BCUT2D eigenvalue weighted by Crippen LogP contribution is 2.45. The minimum Gasteiger partial charge on any atom is -0.459 e. The molecule has 1 unspecified atom stereocenters. The average Bonchev–Trinajstić information content (AvgIpc) is 2.24. The van der Waals surface area contributed by atoms with E-state index >= 15 is 0 Å². The molecule has 0 aromatic carbocycles. The van der Waals surface area contributed by atoms with E-state index in [1.165, 1.54) is 13.8 Å². The molecule has 0 fully saturated rings. The maximum Gasteiger partial charge on any atom is 0.428 e. The summed E-state index contributed by atoms with van der Waals surface area (Å²) in [4.78, 5) is 11.4. The molecule has 0 saturated carbocycles. The van der Waals surface area contributed by atoms with Gasteiger partial charge in [0.2, 0.25) is 0 Å². The lowest BCUT2D eigenvalue weighted by molar-refractivity contribution is -0.303. The smallest absolute Gasteiger partial charge is 0.428 e. The van der Waals surface area contributed by atoms with Gasteiger partial charge in [0.1, 0.15) is 0 Å². The molecule has 19 heavy (non-hydrogen) atoms. The molecule has 0 aliphatic rings. The second-order valence-corrected chi connectivity index (χ2v) is 5.02. The molecule has 0 amide bonds. The van der Waals surface area contributed by atoms with Crippen LogP contribution in [0, 0.1) is 5.41 Å². The van der Waals surface area contributed by atoms with Crippen molar-refractivity contribution in [1.29, 1.82) is 0 Å². The van der Waals surface area contributed by atoms with E-state index in [0.29, 0.717) is 0 Å². The van der Waals surface area contributed by atoms with Crippen LogP contribution in [-0.4, -0.2) is 30.3 Å². The Hall–Kier alpha value is -0.950. The van der Waals surface area contributed by atoms with E-state index in [9.17, 15) is 31.1 Å². The standard InChI is InChI=1S/C11H16F6O2/c1-5-8(2,3)7(18)19-6-10(13,14)9(4,12)11(15,16)17/h5-6H2,1-4H3. The maximum atomic E-state index is 13.2. The van der Waals surface area contributed by atoms with Crippen LogP contribution in [0.1, 0.15) is 34.1 Å². The summed E-state index contributed by atoms with van der Waals surface area (Å²) < 4.78 is 80.1. The van der Waals surface area contributed by atoms with Gasteiger partial charge in [-0.2, -0.15) is 22.0 Å². The monoisotopic (exact) mass is 294 g/mol. The maximum absolute atomic E-state index is 13.2. The van der Waals surface area contributed by atoms with Gasteiger partial charge < -0.3 is 4.74 Å². The van der Waals surface area contributed by atoms with Crippen molar-refractivity contribution in [1.82, 2.24) is 0 Å². The van der Waals surface area contributed by atoms with Crippen LogP contribution in [0.15, 0.2) is 0 Å². The van der Waals surface area contributed by atoms with Gasteiger partial charge in [0.25, 0.3) is 5.67 Å². The summed E-state index contributed by atoms with van der Waals surface area (Å²) in [6.45, 7) is 2.10. The van der Waals surface area contributed by atoms with Gasteiger partial charge in [0.15, 0.2) is 6.61 Å². The van der Waals surface area contributed by atoms with Crippen molar-refractivity contribution in [3.8, 4) is 0 Å². The van der Waals surface area contributed by atoms with Crippen LogP contribution in [0.3, 0.4) is 0 Å². The van der Waals surface area contributed by atoms with Gasteiger partial charge in [0.05, 0.1) is 5.41 Å². The zero-order valence-corrected chi connectivity index (χ0v) is 11.0. The Morgan fingerprint density at radius 1 is 1.00 bits per heavy atom. The fourth-order valence-electron chi connectivity index (χ4n) is 0.839. The van der Waals surface area contributed by atoms with Crippen molar-refractivity contribution in [2.75, 3.05) is 6.61 Å². The Bertz CT molecular complexity index is 333. The number of ether oxygens (including phenoxy) is 1. The van der Waals surface area contributed by atoms with Crippen molar-refractivity contribution in [3.63, 3.8) is 0 Å². The Balaban J connectivity index is 4.87. The minimum atomic E-state index is -5.76. The van der Waals surface area contributed by atoms with Crippen molar-refractivity contribution in [2.24, 2.45) is 5.41 Å². The highest BCUT2D eigenvalue weighted by atomic mass is 19.4. The zero-order valence-electron chi connectivity index (χ0n) is 11.0. The van der Waals surface area contributed by atoms with Crippen LogP contribution in [0.5, 0.6) is 0 Å². The predicted octanol–water partition coefficient (Wildman–Crippen LogP) is 3.89. The van der Waals surface area contributed by atoms with Crippen molar-refractivity contribution < 1.29 is 35.9 Å². The normalized spacial score (nSPS) is 16.9. The van der Waals surface area contributed by atoms with Crippen molar-refractivity contribution in [2.45, 2.75) is 51.9 Å². The predicted molar refractivity (Wildman–Crippen MR) is 55.5 cm³/mol. The van der Waals surface area contributed by atoms with Gasteiger partial charge in [-0.25, -0.2) is 4.39 Å². The number of hydrogen-bond acceptors (Lipinski definition) is 2. The number of hydrogen-bond donors (Lipinski definition) is 0. The molecule has 8 heteroatoms. The molecule has 0 spiro atoms. The average molecular weight is 294 g/mol. The summed E-state index contributed by atoms with van der Waals surface area (Å²) in [5.41, 5.74) is -5.89. The first-order valence-corrected chi connectivity index (χ1v) is 5.50. The third-order valence-electron chi connectivity index (χ3n) is 3.04. The van der Waals surface area contributed by atoms with Crippen LogP contribution < -0.4 is 0 Å². The van der Waals surface area contributed by atoms with Crippen LogP contribution >= 0.6 is 0 Å². The molecule has 2 nitrogen and oxygen atoms in total. The zero-order chi connectivity index (χ0) is 15.7. The highest BCUT2D eigenvalue weighted by Gasteiger charge is 2.68. The first-order chi connectivity index (χ1) is 8.19. The molecule has 0 heterocycles. The van der Waals surface area contributed by atoms with E-state index in [-0.39, 0.29) is 13.3 Å². The Morgan fingerprint density at radius 3 is 1.74 bits per heavy atom. The van der Waals surface area contributed by atoms with Gasteiger partial charge >= 0.3 is 18.1 Å². The number of rotatable bonds is 5. The second kappa shape index (κ2) is 5.20. The second-order valence-electron chi connectivity index (χ2n) is 5.02. The van der Waals surface area contributed by atoms with Crippen LogP contribution in [0.4, 0.5) is 26.3 Å². The first kappa shape index (κ1) is 18.0. The Labute approximate surface area is 107 Å². The highest BCUT2D eigenvalue weighted by molar-refractivity contribution is 5.75. The van der Waals surface area contributed by atoms with Gasteiger partial charge in [-0.05, 0) is 27.2 Å². The van der Waals surface area contributed by atoms with Crippen molar-refractivity contribution >= 4 is 5.97 Å². The lowest BCUT2D eigenvalue weighted by atomic mass is 9.90. The molecule has 114 valence electrons. The van der Waals surface area contributed by atoms with Crippen molar-refractivity contribution in [3.05, 3.63) is 0 Å². The number of halogens is 6. The van der Waals surface area contributed by atoms with Crippen LogP contribution in [-0.2, 0) is 9.53 Å². The third-order valence-corrected chi connectivity index (χ3v) is 3.04. The van der Waals surface area contributed by atoms with Gasteiger partial charge in [-0.3, -0.25) is 4.79 Å². The summed E-state index contributed by atoms with van der Waals surface area (Å²) in [6, 6.07) is 0. The van der Waals surface area contributed by atoms with E-state index in [0.717, 1.165) is 0 Å². The summed E-state index contributed by atoms with van der Waals surface area (Å²) in [5.74, 6) is -5.96. The Morgan fingerprint density at radius 2 is 1.42 bits per heavy atom. The fraction of sp³-hybridized carbons (Fsp3) is 0.909. The van der Waals surface area contributed by atoms with Gasteiger partial charge in [-0.1, -0.05) is 6.92 Å². The first-order valence-electron chi connectivity index (χ1n) is 5.50. The van der Waals surface area contributed by atoms with Crippen LogP contribution in [0.2, 0.25) is 0 Å². The molecule has 0 aromatic rings. The topological polar surface area (TPSA) is 26.3 Å². The molecule has 0 aliphatic carbocycles. The van der Waals surface area contributed by atoms with E-state index in [1.54, 1.807) is 6.92 Å². The molecule has 0 N–H and O–H groups in total. The van der Waals surface area contributed by atoms with Crippen LogP contribution in [0.25, 0.3) is 0 Å². The van der Waals surface area contributed by atoms with E-state index < -0.39 is 35.8 Å². The minimum absolute atomic E-state index is 0.240. The third kappa shape index (κ3) is 3.76. The molecule has 0 bridgehead atoms. The summed E-state index contributed by atoms with van der Waals surface area (Å²) >= 11 is 0.